The first-order chi connectivity index (χ1) is 9.62. The van der Waals surface area contributed by atoms with Crippen molar-refractivity contribution < 1.29 is 19.4 Å². The van der Waals surface area contributed by atoms with Gasteiger partial charge in [-0.3, -0.25) is 9.69 Å². The lowest BCUT2D eigenvalue weighted by molar-refractivity contribution is -0.126. The Morgan fingerprint density at radius 3 is 2.19 bits per heavy atom. The number of carbonyl (C=O) groups is 2. The van der Waals surface area contributed by atoms with Gasteiger partial charge < -0.3 is 14.7 Å². The van der Waals surface area contributed by atoms with E-state index in [1.54, 1.807) is 0 Å². The van der Waals surface area contributed by atoms with Gasteiger partial charge in [0.25, 0.3) is 0 Å². The number of urea groups is 1. The minimum absolute atomic E-state index is 0.0575. The summed E-state index contributed by atoms with van der Waals surface area (Å²) in [5.41, 5.74) is -0.602. The molecule has 1 N–H and O–H groups in total. The van der Waals surface area contributed by atoms with Crippen molar-refractivity contribution >= 4 is 11.9 Å². The molecule has 1 fully saturated rings. The van der Waals surface area contributed by atoms with Gasteiger partial charge in [-0.1, -0.05) is 27.7 Å². The summed E-state index contributed by atoms with van der Waals surface area (Å²) in [6, 6.07) is -0.216. The van der Waals surface area contributed by atoms with Crippen molar-refractivity contribution in [3.8, 4) is 0 Å². The number of nitrogens with zero attached hydrogens (tertiary/aromatic N) is 2. The zero-order valence-electron chi connectivity index (χ0n) is 13.8. The maximum atomic E-state index is 12.1. The maximum Gasteiger partial charge on any atom is 0.327 e. The third kappa shape index (κ3) is 4.97. The Morgan fingerprint density at radius 2 is 1.71 bits per heavy atom. The number of aliphatic hydroxyl groups excluding tert-OH is 1. The van der Waals surface area contributed by atoms with E-state index >= 15 is 0 Å². The Hall–Kier alpha value is -1.14. The molecule has 1 aliphatic rings. The van der Waals surface area contributed by atoms with Crippen molar-refractivity contribution in [2.24, 2.45) is 10.8 Å². The van der Waals surface area contributed by atoms with Crippen LogP contribution in [0, 0.1) is 10.8 Å². The lowest BCUT2D eigenvalue weighted by Crippen LogP contribution is -2.42. The quantitative estimate of drug-likeness (QED) is 0.687. The smallest absolute Gasteiger partial charge is 0.327 e. The van der Waals surface area contributed by atoms with Crippen molar-refractivity contribution in [3.05, 3.63) is 0 Å². The Balaban J connectivity index is 2.52. The summed E-state index contributed by atoms with van der Waals surface area (Å²) in [5, 5.41) is 9.20. The van der Waals surface area contributed by atoms with E-state index in [4.69, 9.17) is 4.74 Å². The molecule has 1 heterocycles. The van der Waals surface area contributed by atoms with Crippen molar-refractivity contribution in [2.45, 2.75) is 34.6 Å². The third-order valence-corrected chi connectivity index (χ3v) is 3.51. The van der Waals surface area contributed by atoms with E-state index in [1.807, 2.05) is 34.6 Å². The molecule has 0 atom stereocenters. The van der Waals surface area contributed by atoms with Crippen LogP contribution in [-0.2, 0) is 9.53 Å². The molecule has 6 heteroatoms. The monoisotopic (exact) mass is 300 g/mol. The first kappa shape index (κ1) is 17.9. The molecule has 1 rings (SSSR count). The minimum atomic E-state index is -0.319. The number of imide groups is 1. The maximum absolute atomic E-state index is 12.1. The zero-order chi connectivity index (χ0) is 16.3. The largest absolute Gasteiger partial charge is 0.396 e. The molecule has 0 spiro atoms. The van der Waals surface area contributed by atoms with E-state index in [-0.39, 0.29) is 35.9 Å². The molecular formula is C15H28N2O4. The van der Waals surface area contributed by atoms with Crippen LogP contribution in [0.1, 0.15) is 34.6 Å². The number of rotatable bonds is 8. The summed E-state index contributed by atoms with van der Waals surface area (Å²) in [4.78, 5) is 26.8. The van der Waals surface area contributed by atoms with Gasteiger partial charge in [0.05, 0.1) is 19.8 Å². The SMILES string of the molecule is CCN1CC(=O)N(CC(C)(C)COCC(C)(C)CO)C1=O. The molecule has 6 nitrogen and oxygen atoms in total. The lowest BCUT2D eigenvalue weighted by atomic mass is 9.93. The molecule has 3 amide bonds. The van der Waals surface area contributed by atoms with Gasteiger partial charge in [0.15, 0.2) is 0 Å². The van der Waals surface area contributed by atoms with E-state index in [9.17, 15) is 14.7 Å². The molecule has 0 radical (unpaired) electrons. The molecule has 0 aliphatic carbocycles. The number of likely N-dealkylation sites (N-methyl/N-ethyl adjacent to an activating group) is 1. The number of ether oxygens (including phenoxy) is 1. The highest BCUT2D eigenvalue weighted by molar-refractivity contribution is 6.02. The fourth-order valence-electron chi connectivity index (χ4n) is 2.12. The van der Waals surface area contributed by atoms with Gasteiger partial charge in [-0.05, 0) is 6.92 Å². The summed E-state index contributed by atoms with van der Waals surface area (Å²) in [6.07, 6.45) is 0. The topological polar surface area (TPSA) is 70.1 Å². The molecule has 0 saturated carbocycles. The van der Waals surface area contributed by atoms with Gasteiger partial charge in [-0.15, -0.1) is 0 Å². The van der Waals surface area contributed by atoms with E-state index in [1.165, 1.54) is 9.80 Å². The standard InChI is InChI=1S/C15H28N2O4/c1-6-16-7-12(19)17(13(16)20)8-14(2,3)10-21-11-15(4,5)9-18/h18H,6-11H2,1-5H3. The van der Waals surface area contributed by atoms with Gasteiger partial charge >= 0.3 is 6.03 Å². The van der Waals surface area contributed by atoms with E-state index in [2.05, 4.69) is 0 Å². The Morgan fingerprint density at radius 1 is 1.14 bits per heavy atom. The zero-order valence-corrected chi connectivity index (χ0v) is 13.8. The molecule has 0 unspecified atom stereocenters. The molecule has 21 heavy (non-hydrogen) atoms. The molecule has 0 bridgehead atoms. The van der Waals surface area contributed by atoms with Crippen LogP contribution in [0.4, 0.5) is 4.79 Å². The lowest BCUT2D eigenvalue weighted by Gasteiger charge is -2.30. The second-order valence-electron chi connectivity index (χ2n) is 7.26. The number of aliphatic hydroxyl groups is 1. The summed E-state index contributed by atoms with van der Waals surface area (Å²) in [7, 11) is 0. The summed E-state index contributed by atoms with van der Waals surface area (Å²) in [5.74, 6) is -0.148. The molecule has 0 aromatic carbocycles. The van der Waals surface area contributed by atoms with Crippen LogP contribution in [0.5, 0.6) is 0 Å². The van der Waals surface area contributed by atoms with Crippen molar-refractivity contribution in [3.63, 3.8) is 0 Å². The fraction of sp³-hybridized carbons (Fsp3) is 0.867. The fourth-order valence-corrected chi connectivity index (χ4v) is 2.12. The van der Waals surface area contributed by atoms with Crippen LogP contribution < -0.4 is 0 Å². The molecule has 1 aliphatic heterocycles. The number of amides is 3. The Bertz CT molecular complexity index is 393. The summed E-state index contributed by atoms with van der Waals surface area (Å²) in [6.45, 7) is 11.6. The highest BCUT2D eigenvalue weighted by atomic mass is 16.5. The second-order valence-corrected chi connectivity index (χ2v) is 7.26. The average Bonchev–Trinajstić information content (AvgIpc) is 2.65. The molecule has 1 saturated heterocycles. The van der Waals surface area contributed by atoms with Gasteiger partial charge in [0, 0.05) is 23.9 Å². The van der Waals surface area contributed by atoms with Crippen molar-refractivity contribution in [1.29, 1.82) is 0 Å². The van der Waals surface area contributed by atoms with Crippen molar-refractivity contribution in [2.75, 3.05) is 39.5 Å². The first-order valence-corrected chi connectivity index (χ1v) is 7.40. The summed E-state index contributed by atoms with van der Waals surface area (Å²) < 4.78 is 5.67. The normalized spacial score (nSPS) is 17.0. The predicted octanol–water partition coefficient (Wildman–Crippen LogP) is 1.33. The van der Waals surface area contributed by atoms with Crippen LogP contribution in [0.3, 0.4) is 0 Å². The van der Waals surface area contributed by atoms with Crippen LogP contribution in [0.2, 0.25) is 0 Å². The third-order valence-electron chi connectivity index (χ3n) is 3.51. The van der Waals surface area contributed by atoms with Gasteiger partial charge in [-0.2, -0.15) is 0 Å². The predicted molar refractivity (Wildman–Crippen MR) is 79.8 cm³/mol. The number of hydrogen-bond acceptors (Lipinski definition) is 4. The summed E-state index contributed by atoms with van der Waals surface area (Å²) >= 11 is 0. The van der Waals surface area contributed by atoms with Gasteiger partial charge in [0.2, 0.25) is 5.91 Å². The van der Waals surface area contributed by atoms with Crippen molar-refractivity contribution in [1.82, 2.24) is 9.80 Å². The van der Waals surface area contributed by atoms with Crippen LogP contribution in [0.25, 0.3) is 0 Å². The first-order valence-electron chi connectivity index (χ1n) is 7.40. The van der Waals surface area contributed by atoms with E-state index in [0.717, 1.165) is 0 Å². The molecule has 0 aromatic rings. The second kappa shape index (κ2) is 6.75. The molecule has 122 valence electrons. The minimum Gasteiger partial charge on any atom is -0.396 e. The number of hydrogen-bond donors (Lipinski definition) is 1. The molecular weight excluding hydrogens is 272 g/mol. The van der Waals surface area contributed by atoms with Crippen LogP contribution in [-0.4, -0.2) is 66.3 Å². The Kier molecular flexibility index (Phi) is 5.75. The van der Waals surface area contributed by atoms with Gasteiger partial charge in [0.1, 0.15) is 6.54 Å². The highest BCUT2D eigenvalue weighted by Crippen LogP contribution is 2.23. The average molecular weight is 300 g/mol. The number of carbonyl (C=O) groups excluding carboxylic acids is 2. The van der Waals surface area contributed by atoms with Gasteiger partial charge in [-0.25, -0.2) is 4.79 Å². The highest BCUT2D eigenvalue weighted by Gasteiger charge is 2.38. The van der Waals surface area contributed by atoms with E-state index < -0.39 is 0 Å². The Labute approximate surface area is 127 Å². The van der Waals surface area contributed by atoms with Crippen LogP contribution >= 0.6 is 0 Å². The van der Waals surface area contributed by atoms with E-state index in [0.29, 0.717) is 26.3 Å². The molecule has 0 aromatic heterocycles. The van der Waals surface area contributed by atoms with Crippen LogP contribution in [0.15, 0.2) is 0 Å².